The summed E-state index contributed by atoms with van der Waals surface area (Å²) in [5.41, 5.74) is 0. The molecule has 76 valence electrons. The van der Waals surface area contributed by atoms with Crippen LogP contribution in [0.5, 0.6) is 0 Å². The number of hydrogen-bond acceptors (Lipinski definition) is 4. The molecule has 2 N–H and O–H groups in total. The monoisotopic (exact) mass is 212 g/mol. The van der Waals surface area contributed by atoms with Gasteiger partial charge < -0.3 is 10.4 Å². The number of hydrogen-bond donors (Lipinski definition) is 2. The smallest absolute Gasteiger partial charge is 0.308 e. The lowest BCUT2D eigenvalue weighted by Crippen LogP contribution is -2.07. The first-order valence-electron chi connectivity index (χ1n) is 4.63. The third kappa shape index (κ3) is 2.10. The van der Waals surface area contributed by atoms with Crippen LogP contribution in [0, 0.1) is 0 Å². The summed E-state index contributed by atoms with van der Waals surface area (Å²) in [4.78, 5) is 15.6. The van der Waals surface area contributed by atoms with E-state index >= 15 is 0 Å². The average Bonchev–Trinajstić information content (AvgIpc) is 2.69. The highest BCUT2D eigenvalue weighted by Crippen LogP contribution is 2.26. The van der Waals surface area contributed by atoms with Gasteiger partial charge in [-0.1, -0.05) is 0 Å². The predicted molar refractivity (Wildman–Crippen MR) is 53.7 cm³/mol. The summed E-state index contributed by atoms with van der Waals surface area (Å²) < 4.78 is 0. The van der Waals surface area contributed by atoms with Gasteiger partial charge in [0.25, 0.3) is 0 Å². The van der Waals surface area contributed by atoms with Gasteiger partial charge in [-0.25, -0.2) is 4.98 Å². The summed E-state index contributed by atoms with van der Waals surface area (Å²) in [5.74, 6) is -0.299. The van der Waals surface area contributed by atoms with Crippen molar-refractivity contribution in [1.29, 1.82) is 0 Å². The average molecular weight is 212 g/mol. The topological polar surface area (TPSA) is 62.2 Å². The van der Waals surface area contributed by atoms with Gasteiger partial charge in [-0.3, -0.25) is 4.79 Å². The number of aliphatic carboxylic acids is 1. The fourth-order valence-corrected chi connectivity index (χ4v) is 2.65. The quantitative estimate of drug-likeness (QED) is 0.779. The zero-order valence-electron chi connectivity index (χ0n) is 7.69. The lowest BCUT2D eigenvalue weighted by atomic mass is 10.1. The van der Waals surface area contributed by atoms with Crippen LogP contribution in [-0.4, -0.2) is 29.1 Å². The van der Waals surface area contributed by atoms with E-state index in [4.69, 9.17) is 5.11 Å². The first-order valence-corrected chi connectivity index (χ1v) is 5.44. The number of thiazole rings is 1. The van der Waals surface area contributed by atoms with Crippen molar-refractivity contribution in [3.05, 3.63) is 16.1 Å². The van der Waals surface area contributed by atoms with Crippen molar-refractivity contribution in [2.75, 3.05) is 13.1 Å². The van der Waals surface area contributed by atoms with Crippen LogP contribution in [0.15, 0.2) is 6.20 Å². The van der Waals surface area contributed by atoms with Gasteiger partial charge >= 0.3 is 5.97 Å². The maximum Gasteiger partial charge on any atom is 0.308 e. The van der Waals surface area contributed by atoms with Gasteiger partial charge in [-0.05, 0) is 13.0 Å². The number of nitrogens with one attached hydrogen (secondary N) is 1. The Hall–Kier alpha value is -0.940. The highest BCUT2D eigenvalue weighted by molar-refractivity contribution is 7.11. The molecule has 2 heterocycles. The third-order valence-corrected chi connectivity index (χ3v) is 3.47. The Balaban J connectivity index is 2.05. The molecule has 0 aromatic carbocycles. The molecule has 1 atom stereocenters. The summed E-state index contributed by atoms with van der Waals surface area (Å²) in [6.07, 6.45) is 2.89. The Kier molecular flexibility index (Phi) is 2.79. The van der Waals surface area contributed by atoms with Crippen LogP contribution in [-0.2, 0) is 11.2 Å². The van der Waals surface area contributed by atoms with E-state index in [-0.39, 0.29) is 6.42 Å². The lowest BCUT2D eigenvalue weighted by Gasteiger charge is -2.01. The molecule has 4 nitrogen and oxygen atoms in total. The van der Waals surface area contributed by atoms with Gasteiger partial charge in [-0.15, -0.1) is 11.3 Å². The minimum atomic E-state index is -0.787. The predicted octanol–water partition coefficient (Wildman–Crippen LogP) is 0.847. The molecule has 0 bridgehead atoms. The Morgan fingerprint density at radius 2 is 2.64 bits per heavy atom. The third-order valence-electron chi connectivity index (χ3n) is 2.31. The summed E-state index contributed by atoms with van der Waals surface area (Å²) >= 11 is 1.53. The molecular weight excluding hydrogens is 200 g/mol. The molecule has 0 aliphatic carbocycles. The number of carboxylic acid groups (broad SMARTS) is 1. The van der Waals surface area contributed by atoms with Gasteiger partial charge in [0.05, 0.1) is 11.4 Å². The van der Waals surface area contributed by atoms with Gasteiger partial charge in [0.15, 0.2) is 0 Å². The molecule has 5 heteroatoms. The highest BCUT2D eigenvalue weighted by Gasteiger charge is 2.20. The molecule has 1 unspecified atom stereocenters. The molecule has 0 spiro atoms. The van der Waals surface area contributed by atoms with Crippen molar-refractivity contribution < 1.29 is 9.90 Å². The second kappa shape index (κ2) is 4.06. The Labute approximate surface area is 86.0 Å². The standard InChI is InChI=1S/C9H12N2O2S/c12-8(13)3-7-5-11-9(14-7)6-1-2-10-4-6/h5-6,10H,1-4H2,(H,12,13). The van der Waals surface area contributed by atoms with E-state index in [9.17, 15) is 4.79 Å². The van der Waals surface area contributed by atoms with Crippen molar-refractivity contribution in [2.24, 2.45) is 0 Å². The van der Waals surface area contributed by atoms with Gasteiger partial charge in [-0.2, -0.15) is 0 Å². The normalized spacial score (nSPS) is 21.3. The first kappa shape index (κ1) is 9.61. The summed E-state index contributed by atoms with van der Waals surface area (Å²) in [6.45, 7) is 2.01. The van der Waals surface area contributed by atoms with Crippen molar-refractivity contribution in [1.82, 2.24) is 10.3 Å². The number of nitrogens with zero attached hydrogens (tertiary/aromatic N) is 1. The Bertz CT molecular complexity index is 331. The van der Waals surface area contributed by atoms with Crippen LogP contribution in [0.4, 0.5) is 0 Å². The molecule has 1 aromatic heterocycles. The van der Waals surface area contributed by atoms with Crippen LogP contribution in [0.25, 0.3) is 0 Å². The SMILES string of the molecule is O=C(O)Cc1cnc(C2CCNC2)s1. The van der Waals surface area contributed by atoms with E-state index in [1.54, 1.807) is 6.20 Å². The second-order valence-electron chi connectivity index (χ2n) is 3.43. The zero-order valence-corrected chi connectivity index (χ0v) is 8.51. The molecule has 0 radical (unpaired) electrons. The number of rotatable bonds is 3. The van der Waals surface area contributed by atoms with E-state index in [2.05, 4.69) is 10.3 Å². The molecule has 2 rings (SSSR count). The molecule has 1 saturated heterocycles. The number of carboxylic acids is 1. The van der Waals surface area contributed by atoms with Crippen molar-refractivity contribution in [3.8, 4) is 0 Å². The number of carbonyl (C=O) groups is 1. The zero-order chi connectivity index (χ0) is 9.97. The van der Waals surface area contributed by atoms with Gasteiger partial charge in [0.1, 0.15) is 0 Å². The molecule has 0 amide bonds. The summed E-state index contributed by atoms with van der Waals surface area (Å²) in [5, 5.41) is 13.0. The van der Waals surface area contributed by atoms with Crippen molar-refractivity contribution in [3.63, 3.8) is 0 Å². The molecule has 0 saturated carbocycles. The summed E-state index contributed by atoms with van der Waals surface area (Å²) in [6, 6.07) is 0. The van der Waals surface area contributed by atoms with Crippen molar-refractivity contribution in [2.45, 2.75) is 18.8 Å². The lowest BCUT2D eigenvalue weighted by molar-refractivity contribution is -0.136. The minimum Gasteiger partial charge on any atom is -0.481 e. The fraction of sp³-hybridized carbons (Fsp3) is 0.556. The van der Waals surface area contributed by atoms with E-state index in [0.717, 1.165) is 29.4 Å². The van der Waals surface area contributed by atoms with Crippen LogP contribution in [0.3, 0.4) is 0 Å². The number of aromatic nitrogens is 1. The van der Waals surface area contributed by atoms with Crippen LogP contribution < -0.4 is 5.32 Å². The molecule has 1 aliphatic heterocycles. The largest absolute Gasteiger partial charge is 0.481 e. The van der Waals surface area contributed by atoms with Crippen LogP contribution in [0.2, 0.25) is 0 Å². The molecule has 1 fully saturated rings. The van der Waals surface area contributed by atoms with Gasteiger partial charge in [0, 0.05) is 23.5 Å². The Morgan fingerprint density at radius 1 is 1.79 bits per heavy atom. The highest BCUT2D eigenvalue weighted by atomic mass is 32.1. The van der Waals surface area contributed by atoms with Gasteiger partial charge in [0.2, 0.25) is 0 Å². The minimum absolute atomic E-state index is 0.0951. The molecule has 1 aliphatic rings. The van der Waals surface area contributed by atoms with Crippen molar-refractivity contribution >= 4 is 17.3 Å². The van der Waals surface area contributed by atoms with E-state index in [0.29, 0.717) is 5.92 Å². The second-order valence-corrected chi connectivity index (χ2v) is 4.57. The molecule has 14 heavy (non-hydrogen) atoms. The van der Waals surface area contributed by atoms with E-state index in [1.807, 2.05) is 0 Å². The van der Waals surface area contributed by atoms with E-state index in [1.165, 1.54) is 11.3 Å². The van der Waals surface area contributed by atoms with Crippen LogP contribution in [0.1, 0.15) is 22.2 Å². The molecule has 1 aromatic rings. The maximum absolute atomic E-state index is 10.5. The first-order chi connectivity index (χ1) is 6.75. The van der Waals surface area contributed by atoms with Crippen LogP contribution >= 0.6 is 11.3 Å². The maximum atomic E-state index is 10.5. The Morgan fingerprint density at radius 3 is 3.29 bits per heavy atom. The molecular formula is C9H12N2O2S. The fourth-order valence-electron chi connectivity index (χ4n) is 1.61. The van der Waals surface area contributed by atoms with E-state index < -0.39 is 5.97 Å². The summed E-state index contributed by atoms with van der Waals surface area (Å²) in [7, 11) is 0.